The summed E-state index contributed by atoms with van der Waals surface area (Å²) in [5.74, 6) is 2.27. The summed E-state index contributed by atoms with van der Waals surface area (Å²) < 4.78 is 34.9. The molecule has 0 atom stereocenters. The summed E-state index contributed by atoms with van der Waals surface area (Å²) in [6, 6.07) is 9.17. The Morgan fingerprint density at radius 3 is 2.43 bits per heavy atom. The summed E-state index contributed by atoms with van der Waals surface area (Å²) in [4.78, 5) is 32.2. The Bertz CT molecular complexity index is 1210. The van der Waals surface area contributed by atoms with Crippen LogP contribution >= 0.6 is 11.8 Å². The summed E-state index contributed by atoms with van der Waals surface area (Å²) in [5.41, 5.74) is 0.499. The lowest BCUT2D eigenvalue weighted by Crippen LogP contribution is -2.60. The van der Waals surface area contributed by atoms with E-state index in [1.807, 2.05) is 0 Å². The Morgan fingerprint density at radius 2 is 1.84 bits per heavy atom. The van der Waals surface area contributed by atoms with Crippen molar-refractivity contribution < 1.29 is 27.5 Å². The number of amidine groups is 1. The molecule has 2 amide bonds. The third kappa shape index (κ3) is 5.03. The maximum Gasteiger partial charge on any atom is 0.387 e. The van der Waals surface area contributed by atoms with E-state index in [0.29, 0.717) is 16.6 Å². The highest BCUT2D eigenvalue weighted by Gasteiger charge is 2.51. The lowest BCUT2D eigenvalue weighted by molar-refractivity contribution is -0.124. The maximum atomic E-state index is 13.3. The van der Waals surface area contributed by atoms with Crippen molar-refractivity contribution in [1.82, 2.24) is 5.32 Å². The minimum atomic E-state index is -2.94. The van der Waals surface area contributed by atoms with E-state index in [1.54, 1.807) is 12.1 Å². The van der Waals surface area contributed by atoms with E-state index < -0.39 is 12.5 Å². The van der Waals surface area contributed by atoms with Crippen molar-refractivity contribution in [1.29, 1.82) is 0 Å². The molecular weight excluding hydrogens is 500 g/mol. The maximum absolute atomic E-state index is 13.3. The van der Waals surface area contributed by atoms with Gasteiger partial charge in [0, 0.05) is 11.6 Å². The number of carbonyl (C=O) groups is 2. The van der Waals surface area contributed by atoms with Crippen LogP contribution in [-0.4, -0.2) is 34.9 Å². The van der Waals surface area contributed by atoms with Gasteiger partial charge in [0.15, 0.2) is 5.17 Å². The molecule has 194 valence electrons. The van der Waals surface area contributed by atoms with Crippen molar-refractivity contribution in [2.75, 3.05) is 10.7 Å². The molecule has 0 saturated heterocycles. The van der Waals surface area contributed by atoms with Crippen LogP contribution in [0.5, 0.6) is 5.75 Å². The number of halogens is 2. The van der Waals surface area contributed by atoms with Crippen LogP contribution in [0.2, 0.25) is 0 Å². The molecule has 4 aliphatic carbocycles. The van der Waals surface area contributed by atoms with Crippen LogP contribution in [0.25, 0.3) is 6.08 Å². The summed E-state index contributed by atoms with van der Waals surface area (Å²) in [6.07, 6.45) is 10.1. The first-order valence-electron chi connectivity index (χ1n) is 12.5. The van der Waals surface area contributed by atoms with Gasteiger partial charge in [0.25, 0.3) is 5.91 Å². The molecule has 4 bridgehead atoms. The van der Waals surface area contributed by atoms with Gasteiger partial charge in [-0.3, -0.25) is 14.5 Å². The predicted molar refractivity (Wildman–Crippen MR) is 136 cm³/mol. The third-order valence-electron chi connectivity index (χ3n) is 7.75. The first-order chi connectivity index (χ1) is 17.9. The van der Waals surface area contributed by atoms with Gasteiger partial charge in [-0.15, -0.1) is 0 Å². The SMILES string of the molecule is O=C(CSC1=N/C(=C/c2ccco2)C(=O)N1c1ccc(OC(F)F)cc1)NC12CC3CC(CC(C3)C1)C2. The monoisotopic (exact) mass is 527 g/mol. The van der Waals surface area contributed by atoms with Crippen LogP contribution in [0.15, 0.2) is 57.8 Å². The molecule has 0 spiro atoms. The number of anilines is 1. The molecule has 2 heterocycles. The van der Waals surface area contributed by atoms with E-state index in [2.05, 4.69) is 15.0 Å². The van der Waals surface area contributed by atoms with Gasteiger partial charge in [0.2, 0.25) is 5.91 Å². The second-order valence-corrected chi connectivity index (χ2v) is 11.4. The number of thioether (sulfide) groups is 1. The van der Waals surface area contributed by atoms with Crippen molar-refractivity contribution in [3.8, 4) is 5.75 Å². The topological polar surface area (TPSA) is 84.1 Å². The number of benzene rings is 1. The molecule has 1 N–H and O–H groups in total. The average Bonchev–Trinajstić information content (AvgIpc) is 3.45. The molecule has 7 nitrogen and oxygen atoms in total. The van der Waals surface area contributed by atoms with Crippen molar-refractivity contribution >= 4 is 40.5 Å². The number of carbonyl (C=O) groups excluding carboxylic acids is 2. The fourth-order valence-electron chi connectivity index (χ4n) is 6.83. The van der Waals surface area contributed by atoms with E-state index in [4.69, 9.17) is 4.42 Å². The summed E-state index contributed by atoms with van der Waals surface area (Å²) in [7, 11) is 0. The largest absolute Gasteiger partial charge is 0.465 e. The average molecular weight is 528 g/mol. The minimum Gasteiger partial charge on any atom is -0.465 e. The summed E-state index contributed by atoms with van der Waals surface area (Å²) >= 11 is 1.18. The standard InChI is InChI=1S/C27H27F2N3O4S/c28-25(29)36-20-5-3-19(4-6-20)32-24(34)22(11-21-2-1-7-35-21)30-26(32)37-15-23(33)31-27-12-16-8-17(13-27)10-18(9-16)14-27/h1-7,11,16-18,25H,8-10,12-15H2,(H,31,33)/b22-11+. The van der Waals surface area contributed by atoms with Gasteiger partial charge < -0.3 is 14.5 Å². The molecule has 37 heavy (non-hydrogen) atoms. The van der Waals surface area contributed by atoms with Crippen LogP contribution in [0.1, 0.15) is 44.3 Å². The van der Waals surface area contributed by atoms with Gasteiger partial charge in [-0.1, -0.05) is 11.8 Å². The molecule has 2 aromatic rings. The number of aliphatic imine (C=N–C) groups is 1. The highest BCUT2D eigenvalue weighted by Crippen LogP contribution is 2.55. The van der Waals surface area contributed by atoms with Crippen LogP contribution in [0.4, 0.5) is 14.5 Å². The second-order valence-electron chi connectivity index (χ2n) is 10.5. The lowest BCUT2D eigenvalue weighted by Gasteiger charge is -2.56. The summed E-state index contributed by atoms with van der Waals surface area (Å²) in [5, 5.41) is 3.69. The molecule has 0 unspecified atom stereocenters. The molecule has 7 rings (SSSR count). The molecular formula is C27H27F2N3O4S. The van der Waals surface area contributed by atoms with E-state index >= 15 is 0 Å². The molecule has 10 heteroatoms. The second kappa shape index (κ2) is 9.63. The zero-order valence-electron chi connectivity index (χ0n) is 20.1. The van der Waals surface area contributed by atoms with Crippen molar-refractivity contribution in [2.45, 2.75) is 50.7 Å². The summed E-state index contributed by atoms with van der Waals surface area (Å²) in [6.45, 7) is -2.94. The fourth-order valence-corrected chi connectivity index (χ4v) is 7.64. The number of rotatable bonds is 7. The Hall–Kier alpha value is -3.14. The normalized spacial score (nSPS) is 29.3. The zero-order chi connectivity index (χ0) is 25.6. The predicted octanol–water partition coefficient (Wildman–Crippen LogP) is 5.44. The van der Waals surface area contributed by atoms with Crippen LogP contribution < -0.4 is 15.0 Å². The highest BCUT2D eigenvalue weighted by molar-refractivity contribution is 8.14. The van der Waals surface area contributed by atoms with Gasteiger partial charge in [-0.25, -0.2) is 4.99 Å². The number of furan rings is 1. The van der Waals surface area contributed by atoms with Crippen LogP contribution in [0, 0.1) is 17.8 Å². The molecule has 1 aliphatic heterocycles. The fraction of sp³-hybridized carbons (Fsp3) is 0.444. The van der Waals surface area contributed by atoms with Gasteiger partial charge >= 0.3 is 6.61 Å². The van der Waals surface area contributed by atoms with Gasteiger partial charge in [-0.2, -0.15) is 8.78 Å². The molecule has 4 fully saturated rings. The van der Waals surface area contributed by atoms with Gasteiger partial charge in [-0.05, 0) is 92.7 Å². The number of ether oxygens (including phenoxy) is 1. The van der Waals surface area contributed by atoms with E-state index in [9.17, 15) is 18.4 Å². The highest BCUT2D eigenvalue weighted by atomic mass is 32.2. The van der Waals surface area contributed by atoms with E-state index in [0.717, 1.165) is 37.0 Å². The number of alkyl halides is 2. The minimum absolute atomic E-state index is 0.0159. The number of nitrogens with zero attached hydrogens (tertiary/aromatic N) is 2. The quantitative estimate of drug-likeness (QED) is 0.485. The lowest BCUT2D eigenvalue weighted by atomic mass is 9.53. The van der Waals surface area contributed by atoms with Crippen LogP contribution in [0.3, 0.4) is 0 Å². The van der Waals surface area contributed by atoms with Crippen molar-refractivity contribution in [3.05, 3.63) is 54.1 Å². The number of nitrogens with one attached hydrogen (secondary N) is 1. The third-order valence-corrected chi connectivity index (χ3v) is 8.69. The van der Waals surface area contributed by atoms with Crippen molar-refractivity contribution in [3.63, 3.8) is 0 Å². The first kappa shape index (κ1) is 24.2. The Kier molecular flexibility index (Phi) is 6.30. The van der Waals surface area contributed by atoms with E-state index in [1.165, 1.54) is 72.5 Å². The Balaban J connectivity index is 1.19. The number of hydrogen-bond donors (Lipinski definition) is 1. The Morgan fingerprint density at radius 1 is 1.16 bits per heavy atom. The molecule has 1 aromatic heterocycles. The van der Waals surface area contributed by atoms with Gasteiger partial charge in [0.1, 0.15) is 17.2 Å². The molecule has 4 saturated carbocycles. The Labute approximate surface area is 217 Å². The van der Waals surface area contributed by atoms with Crippen LogP contribution in [-0.2, 0) is 9.59 Å². The van der Waals surface area contributed by atoms with Crippen molar-refractivity contribution in [2.24, 2.45) is 22.7 Å². The first-order valence-corrected chi connectivity index (χ1v) is 13.5. The zero-order valence-corrected chi connectivity index (χ0v) is 20.9. The molecule has 1 aromatic carbocycles. The van der Waals surface area contributed by atoms with Gasteiger partial charge in [0.05, 0.1) is 17.7 Å². The number of amides is 2. The molecule has 0 radical (unpaired) electrons. The molecule has 5 aliphatic rings. The number of hydrogen-bond acceptors (Lipinski definition) is 6. The van der Waals surface area contributed by atoms with E-state index in [-0.39, 0.29) is 28.6 Å². The smallest absolute Gasteiger partial charge is 0.387 e.